The highest BCUT2D eigenvalue weighted by atomic mass is 15.2. The van der Waals surface area contributed by atoms with Crippen LogP contribution in [0.2, 0.25) is 0 Å². The molecule has 2 aliphatic rings. The summed E-state index contributed by atoms with van der Waals surface area (Å²) in [5, 5.41) is 0. The molecule has 1 saturated heterocycles. The van der Waals surface area contributed by atoms with Crippen LogP contribution in [-0.2, 0) is 12.8 Å². The molecule has 1 fully saturated rings. The van der Waals surface area contributed by atoms with Gasteiger partial charge in [0, 0.05) is 24.8 Å². The van der Waals surface area contributed by atoms with E-state index in [4.69, 9.17) is 0 Å². The van der Waals surface area contributed by atoms with Crippen molar-refractivity contribution < 1.29 is 0 Å². The van der Waals surface area contributed by atoms with E-state index in [2.05, 4.69) is 64.4 Å². The van der Waals surface area contributed by atoms with E-state index in [9.17, 15) is 0 Å². The zero-order valence-electron chi connectivity index (χ0n) is 13.8. The summed E-state index contributed by atoms with van der Waals surface area (Å²) >= 11 is 0. The monoisotopic (exact) mass is 306 g/mol. The fourth-order valence-corrected chi connectivity index (χ4v) is 4.15. The third-order valence-electron chi connectivity index (χ3n) is 5.41. The lowest BCUT2D eigenvalue weighted by Crippen LogP contribution is -2.41. The summed E-state index contributed by atoms with van der Waals surface area (Å²) in [6, 6.07) is 20.6. The molecule has 0 amide bonds. The molecule has 0 saturated carbocycles. The summed E-state index contributed by atoms with van der Waals surface area (Å²) in [6.07, 6.45) is 5.12. The number of hydrogen-bond donors (Lipinski definition) is 0. The number of rotatable bonds is 5. The summed E-state index contributed by atoms with van der Waals surface area (Å²) in [5.74, 6) is 0. The molecule has 0 spiro atoms. The Morgan fingerprint density at radius 1 is 0.826 bits per heavy atom. The number of nitrogens with zero attached hydrogens (tertiary/aromatic N) is 2. The minimum Gasteiger partial charge on any atom is -0.367 e. The van der Waals surface area contributed by atoms with Crippen molar-refractivity contribution in [2.75, 3.05) is 31.1 Å². The van der Waals surface area contributed by atoms with E-state index in [0.29, 0.717) is 6.04 Å². The van der Waals surface area contributed by atoms with Gasteiger partial charge >= 0.3 is 0 Å². The molecule has 2 aromatic rings. The maximum Gasteiger partial charge on any atom is 0.0371 e. The predicted molar refractivity (Wildman–Crippen MR) is 97.1 cm³/mol. The smallest absolute Gasteiger partial charge is 0.0371 e. The van der Waals surface area contributed by atoms with Crippen LogP contribution in [0.4, 0.5) is 5.69 Å². The summed E-state index contributed by atoms with van der Waals surface area (Å²) in [4.78, 5) is 5.27. The molecule has 2 aromatic carbocycles. The fourth-order valence-electron chi connectivity index (χ4n) is 4.15. The number of para-hydroxylation sites is 1. The van der Waals surface area contributed by atoms with E-state index in [1.54, 1.807) is 11.1 Å². The highest BCUT2D eigenvalue weighted by Crippen LogP contribution is 2.29. The second-order valence-corrected chi connectivity index (χ2v) is 6.91. The van der Waals surface area contributed by atoms with Gasteiger partial charge in [0.25, 0.3) is 0 Å². The van der Waals surface area contributed by atoms with Gasteiger partial charge in [-0.05, 0) is 62.0 Å². The van der Waals surface area contributed by atoms with Gasteiger partial charge in [-0.3, -0.25) is 0 Å². The Balaban J connectivity index is 1.51. The van der Waals surface area contributed by atoms with Crippen LogP contribution in [0.5, 0.6) is 0 Å². The number of anilines is 1. The Morgan fingerprint density at radius 3 is 2.09 bits per heavy atom. The van der Waals surface area contributed by atoms with E-state index in [-0.39, 0.29) is 0 Å². The molecule has 120 valence electrons. The van der Waals surface area contributed by atoms with Crippen LogP contribution in [0.3, 0.4) is 0 Å². The van der Waals surface area contributed by atoms with Crippen molar-refractivity contribution in [1.29, 1.82) is 0 Å². The maximum absolute atomic E-state index is 2.65. The predicted octanol–water partition coefficient (Wildman–Crippen LogP) is 3.76. The molecular formula is C21H26N2. The van der Waals surface area contributed by atoms with Crippen LogP contribution < -0.4 is 4.90 Å². The van der Waals surface area contributed by atoms with E-state index in [1.807, 2.05) is 0 Å². The van der Waals surface area contributed by atoms with Crippen molar-refractivity contribution in [3.8, 4) is 0 Å². The van der Waals surface area contributed by atoms with Crippen molar-refractivity contribution in [3.63, 3.8) is 0 Å². The van der Waals surface area contributed by atoms with Gasteiger partial charge in [-0.15, -0.1) is 0 Å². The Kier molecular flexibility index (Phi) is 4.34. The lowest BCUT2D eigenvalue weighted by molar-refractivity contribution is 0.340. The summed E-state index contributed by atoms with van der Waals surface area (Å²) in [6.45, 7) is 4.91. The number of fused-ring (bicyclic) bond motifs is 1. The number of hydrogen-bond acceptors (Lipinski definition) is 2. The van der Waals surface area contributed by atoms with Crippen LogP contribution >= 0.6 is 0 Å². The minimum absolute atomic E-state index is 0.609. The van der Waals surface area contributed by atoms with E-state index in [0.717, 1.165) is 6.54 Å². The standard InChI is InChI=1S/C21H26N2/c1-2-10-20(11-3-1)23(15-14-22-12-6-7-13-22)21-16-18-8-4-5-9-19(18)17-21/h1-5,8-11,21H,6-7,12-17H2. The molecule has 0 bridgehead atoms. The van der Waals surface area contributed by atoms with E-state index in [1.165, 1.54) is 51.0 Å². The molecule has 1 aliphatic carbocycles. The molecule has 0 aromatic heterocycles. The average Bonchev–Trinajstić information content (AvgIpc) is 3.25. The molecule has 23 heavy (non-hydrogen) atoms. The van der Waals surface area contributed by atoms with Gasteiger partial charge in [-0.1, -0.05) is 42.5 Å². The first-order valence-corrected chi connectivity index (χ1v) is 9.01. The molecule has 0 atom stereocenters. The highest BCUT2D eigenvalue weighted by Gasteiger charge is 2.27. The number of likely N-dealkylation sites (tertiary alicyclic amines) is 1. The van der Waals surface area contributed by atoms with Crippen LogP contribution in [0.1, 0.15) is 24.0 Å². The molecule has 2 nitrogen and oxygen atoms in total. The van der Waals surface area contributed by atoms with Gasteiger partial charge in [0.2, 0.25) is 0 Å². The summed E-state index contributed by atoms with van der Waals surface area (Å²) < 4.78 is 0. The van der Waals surface area contributed by atoms with Gasteiger partial charge in [0.05, 0.1) is 0 Å². The summed E-state index contributed by atoms with van der Waals surface area (Å²) in [5.41, 5.74) is 4.46. The lowest BCUT2D eigenvalue weighted by Gasteiger charge is -2.33. The molecule has 0 N–H and O–H groups in total. The van der Waals surface area contributed by atoms with Crippen molar-refractivity contribution >= 4 is 5.69 Å². The van der Waals surface area contributed by atoms with Crippen molar-refractivity contribution in [2.45, 2.75) is 31.7 Å². The van der Waals surface area contributed by atoms with Crippen molar-refractivity contribution in [3.05, 3.63) is 65.7 Å². The summed E-state index contributed by atoms with van der Waals surface area (Å²) in [7, 11) is 0. The van der Waals surface area contributed by atoms with Gasteiger partial charge in [0.15, 0.2) is 0 Å². The van der Waals surface area contributed by atoms with E-state index >= 15 is 0 Å². The quantitative estimate of drug-likeness (QED) is 0.830. The Labute approximate surface area is 139 Å². The third-order valence-corrected chi connectivity index (χ3v) is 5.41. The number of benzene rings is 2. The zero-order valence-corrected chi connectivity index (χ0v) is 13.8. The topological polar surface area (TPSA) is 6.48 Å². The van der Waals surface area contributed by atoms with Crippen molar-refractivity contribution in [1.82, 2.24) is 4.90 Å². The average molecular weight is 306 g/mol. The SMILES string of the molecule is c1ccc(N(CCN2CCCC2)C2Cc3ccccc3C2)cc1. The molecule has 4 rings (SSSR count). The highest BCUT2D eigenvalue weighted by molar-refractivity contribution is 5.49. The first kappa shape index (κ1) is 14.8. The van der Waals surface area contributed by atoms with Crippen LogP contribution in [0.15, 0.2) is 54.6 Å². The molecule has 2 heteroatoms. The minimum atomic E-state index is 0.609. The zero-order chi connectivity index (χ0) is 15.5. The fraction of sp³-hybridized carbons (Fsp3) is 0.429. The molecular weight excluding hydrogens is 280 g/mol. The maximum atomic E-state index is 2.65. The Bertz CT molecular complexity index is 606. The molecule has 0 unspecified atom stereocenters. The van der Waals surface area contributed by atoms with Gasteiger partial charge in [-0.25, -0.2) is 0 Å². The van der Waals surface area contributed by atoms with Crippen LogP contribution in [0.25, 0.3) is 0 Å². The van der Waals surface area contributed by atoms with E-state index < -0.39 is 0 Å². The van der Waals surface area contributed by atoms with Gasteiger partial charge in [-0.2, -0.15) is 0 Å². The largest absolute Gasteiger partial charge is 0.367 e. The van der Waals surface area contributed by atoms with Crippen LogP contribution in [0, 0.1) is 0 Å². The molecule has 0 radical (unpaired) electrons. The molecule has 1 aliphatic heterocycles. The van der Waals surface area contributed by atoms with Crippen molar-refractivity contribution in [2.24, 2.45) is 0 Å². The Hall–Kier alpha value is -1.80. The van der Waals surface area contributed by atoms with Gasteiger partial charge in [0.1, 0.15) is 0 Å². The second kappa shape index (κ2) is 6.76. The Morgan fingerprint density at radius 2 is 1.43 bits per heavy atom. The first-order valence-electron chi connectivity index (χ1n) is 9.01. The lowest BCUT2D eigenvalue weighted by atomic mass is 10.1. The third kappa shape index (κ3) is 3.28. The molecule has 1 heterocycles. The normalized spacial score (nSPS) is 18.3. The van der Waals surface area contributed by atoms with Crippen LogP contribution in [-0.4, -0.2) is 37.1 Å². The first-order chi connectivity index (χ1) is 11.4. The van der Waals surface area contributed by atoms with Gasteiger partial charge < -0.3 is 9.80 Å². The second-order valence-electron chi connectivity index (χ2n) is 6.91.